The normalized spacial score (nSPS) is 14.5. The number of nitrogens with zero attached hydrogens (tertiary/aromatic N) is 1. The Labute approximate surface area is 118 Å². The summed E-state index contributed by atoms with van der Waals surface area (Å²) in [5.74, 6) is 0.331. The van der Waals surface area contributed by atoms with Crippen molar-refractivity contribution in [3.8, 4) is 11.5 Å². The van der Waals surface area contributed by atoms with E-state index in [4.69, 9.17) is 9.47 Å². The Hall–Kier alpha value is -1.76. The van der Waals surface area contributed by atoms with Crippen LogP contribution in [0.5, 0.6) is 11.5 Å². The first kappa shape index (κ1) is 14.6. The quantitative estimate of drug-likeness (QED) is 0.840. The van der Waals surface area contributed by atoms with Gasteiger partial charge in [0.1, 0.15) is 0 Å². The first-order valence-corrected chi connectivity index (χ1v) is 7.97. The highest BCUT2D eigenvalue weighted by atomic mass is 32.2. The van der Waals surface area contributed by atoms with Crippen LogP contribution in [0.3, 0.4) is 0 Å². The fourth-order valence-electron chi connectivity index (χ4n) is 1.80. The molecule has 0 spiro atoms. The van der Waals surface area contributed by atoms with Crippen LogP contribution < -0.4 is 9.47 Å². The minimum Gasteiger partial charge on any atom is -0.490 e. The lowest BCUT2D eigenvalue weighted by molar-refractivity contribution is 0.0882. The van der Waals surface area contributed by atoms with Gasteiger partial charge in [-0.15, -0.1) is 0 Å². The predicted octanol–water partition coefficient (Wildman–Crippen LogP) is 1.27. The van der Waals surface area contributed by atoms with Gasteiger partial charge >= 0.3 is 0 Å². The van der Waals surface area contributed by atoms with Gasteiger partial charge in [-0.3, -0.25) is 4.79 Å². The Bertz CT molecular complexity index is 611. The van der Waals surface area contributed by atoms with Crippen molar-refractivity contribution in [2.24, 2.45) is 0 Å². The molecular weight excluding hydrogens is 282 g/mol. The summed E-state index contributed by atoms with van der Waals surface area (Å²) in [6.07, 6.45) is 0.766. The number of hydrogen-bond acceptors (Lipinski definition) is 5. The van der Waals surface area contributed by atoms with Gasteiger partial charge in [-0.2, -0.15) is 0 Å². The number of amides is 1. The molecule has 1 aromatic carbocycles. The van der Waals surface area contributed by atoms with Crippen LogP contribution in [0.25, 0.3) is 0 Å². The number of carbonyl (C=O) groups is 1. The van der Waals surface area contributed by atoms with Crippen LogP contribution in [-0.4, -0.2) is 44.6 Å². The van der Waals surface area contributed by atoms with Gasteiger partial charge in [-0.05, 0) is 25.1 Å². The third-order valence-electron chi connectivity index (χ3n) is 3.06. The molecule has 0 fully saturated rings. The minimum atomic E-state index is -3.56. The number of benzene rings is 1. The largest absolute Gasteiger partial charge is 0.490 e. The maximum Gasteiger partial charge on any atom is 0.267 e. The molecule has 0 aromatic heterocycles. The van der Waals surface area contributed by atoms with Crippen molar-refractivity contribution in [1.82, 2.24) is 4.31 Å². The summed E-state index contributed by atoms with van der Waals surface area (Å²) in [5.41, 5.74) is 0.258. The Morgan fingerprint density at radius 1 is 1.25 bits per heavy atom. The van der Waals surface area contributed by atoms with Gasteiger partial charge in [0.05, 0.1) is 19.0 Å². The summed E-state index contributed by atoms with van der Waals surface area (Å²) in [5, 5.41) is 0. The van der Waals surface area contributed by atoms with Gasteiger partial charge in [0.2, 0.25) is 10.0 Å². The van der Waals surface area contributed by atoms with Gasteiger partial charge in [-0.25, -0.2) is 12.7 Å². The molecule has 0 unspecified atom stereocenters. The molecule has 0 saturated heterocycles. The summed E-state index contributed by atoms with van der Waals surface area (Å²) < 4.78 is 35.1. The Kier molecular flexibility index (Phi) is 4.17. The van der Waals surface area contributed by atoms with Crippen molar-refractivity contribution in [2.45, 2.75) is 13.3 Å². The van der Waals surface area contributed by atoms with Crippen molar-refractivity contribution >= 4 is 15.9 Å². The predicted molar refractivity (Wildman–Crippen MR) is 73.6 cm³/mol. The lowest BCUT2D eigenvalue weighted by Crippen LogP contribution is -2.34. The molecule has 0 aliphatic carbocycles. The number of ether oxygens (including phenoxy) is 2. The fraction of sp³-hybridized carbons (Fsp3) is 0.462. The molecule has 0 N–H and O–H groups in total. The summed E-state index contributed by atoms with van der Waals surface area (Å²) in [6.45, 7) is 2.56. The second-order valence-electron chi connectivity index (χ2n) is 4.39. The molecule has 7 heteroatoms. The van der Waals surface area contributed by atoms with Gasteiger partial charge in [0.15, 0.2) is 11.5 Å². The maximum atomic E-state index is 12.2. The van der Waals surface area contributed by atoms with Crippen molar-refractivity contribution < 1.29 is 22.7 Å². The van der Waals surface area contributed by atoms with E-state index in [1.807, 2.05) is 0 Å². The number of sulfonamides is 1. The summed E-state index contributed by atoms with van der Waals surface area (Å²) in [7, 11) is -2.31. The van der Waals surface area contributed by atoms with E-state index in [9.17, 15) is 13.2 Å². The molecule has 1 amide bonds. The smallest absolute Gasteiger partial charge is 0.267 e. The van der Waals surface area contributed by atoms with Crippen molar-refractivity contribution in [3.05, 3.63) is 23.8 Å². The molecule has 1 aliphatic rings. The van der Waals surface area contributed by atoms with E-state index in [1.54, 1.807) is 6.07 Å². The number of fused-ring (bicyclic) bond motifs is 1. The van der Waals surface area contributed by atoms with Crippen LogP contribution in [0.1, 0.15) is 23.7 Å². The van der Waals surface area contributed by atoms with Gasteiger partial charge in [-0.1, -0.05) is 0 Å². The van der Waals surface area contributed by atoms with Crippen LogP contribution in [0.15, 0.2) is 18.2 Å². The van der Waals surface area contributed by atoms with Crippen molar-refractivity contribution in [1.29, 1.82) is 0 Å². The molecule has 20 heavy (non-hydrogen) atoms. The van der Waals surface area contributed by atoms with Gasteiger partial charge in [0.25, 0.3) is 5.91 Å². The first-order valence-electron chi connectivity index (χ1n) is 6.36. The highest BCUT2D eigenvalue weighted by Crippen LogP contribution is 2.30. The SMILES string of the molecule is CCS(=O)(=O)N(C)C(=O)c1ccc2c(c1)OCCCO2. The summed E-state index contributed by atoms with van der Waals surface area (Å²) in [6, 6.07) is 4.68. The molecule has 6 nitrogen and oxygen atoms in total. The van der Waals surface area contributed by atoms with E-state index in [0.717, 1.165) is 10.7 Å². The van der Waals surface area contributed by atoms with Crippen LogP contribution in [0.4, 0.5) is 0 Å². The zero-order chi connectivity index (χ0) is 14.8. The first-order chi connectivity index (χ1) is 9.45. The van der Waals surface area contributed by atoms with Crippen molar-refractivity contribution in [2.75, 3.05) is 26.0 Å². The summed E-state index contributed by atoms with van der Waals surface area (Å²) in [4.78, 5) is 12.2. The van der Waals surface area contributed by atoms with E-state index >= 15 is 0 Å². The Morgan fingerprint density at radius 2 is 1.90 bits per heavy atom. The lowest BCUT2D eigenvalue weighted by atomic mass is 10.2. The standard InChI is InChI=1S/C13H17NO5S/c1-3-20(16,17)14(2)13(15)10-5-6-11-12(9-10)19-8-4-7-18-11/h5-6,9H,3-4,7-8H2,1-2H3. The highest BCUT2D eigenvalue weighted by Gasteiger charge is 2.24. The molecule has 2 rings (SSSR count). The third kappa shape index (κ3) is 2.87. The molecule has 0 atom stereocenters. The average Bonchev–Trinajstić information content (AvgIpc) is 2.69. The number of carbonyl (C=O) groups excluding carboxylic acids is 1. The van der Waals surface area contributed by atoms with Crippen LogP contribution >= 0.6 is 0 Å². The van der Waals surface area contributed by atoms with Crippen LogP contribution in [0, 0.1) is 0 Å². The fourth-order valence-corrected chi connectivity index (χ4v) is 2.54. The number of hydrogen-bond donors (Lipinski definition) is 0. The molecule has 0 radical (unpaired) electrons. The molecule has 1 heterocycles. The maximum absolute atomic E-state index is 12.2. The summed E-state index contributed by atoms with van der Waals surface area (Å²) >= 11 is 0. The van der Waals surface area contributed by atoms with Gasteiger partial charge in [0, 0.05) is 19.0 Å². The molecule has 1 aliphatic heterocycles. The van der Waals surface area contributed by atoms with E-state index in [2.05, 4.69) is 0 Å². The topological polar surface area (TPSA) is 72.9 Å². The number of rotatable bonds is 3. The van der Waals surface area contributed by atoms with E-state index in [0.29, 0.717) is 24.7 Å². The Morgan fingerprint density at radius 3 is 2.55 bits per heavy atom. The Balaban J connectivity index is 2.30. The second kappa shape index (κ2) is 5.70. The average molecular weight is 299 g/mol. The van der Waals surface area contributed by atoms with Crippen molar-refractivity contribution in [3.63, 3.8) is 0 Å². The third-order valence-corrected chi connectivity index (χ3v) is 4.79. The molecule has 0 bridgehead atoms. The second-order valence-corrected chi connectivity index (χ2v) is 6.67. The highest BCUT2D eigenvalue weighted by molar-refractivity contribution is 7.89. The monoisotopic (exact) mass is 299 g/mol. The van der Waals surface area contributed by atoms with Crippen LogP contribution in [-0.2, 0) is 10.0 Å². The zero-order valence-corrected chi connectivity index (χ0v) is 12.3. The molecule has 0 saturated carbocycles. The van der Waals surface area contributed by atoms with Crippen LogP contribution in [0.2, 0.25) is 0 Å². The van der Waals surface area contributed by atoms with E-state index < -0.39 is 15.9 Å². The zero-order valence-electron chi connectivity index (χ0n) is 11.5. The molecular formula is C13H17NO5S. The molecule has 1 aromatic rings. The van der Waals surface area contributed by atoms with Gasteiger partial charge < -0.3 is 9.47 Å². The van der Waals surface area contributed by atoms with E-state index in [-0.39, 0.29) is 11.3 Å². The van der Waals surface area contributed by atoms with E-state index in [1.165, 1.54) is 26.1 Å². The minimum absolute atomic E-state index is 0.125. The lowest BCUT2D eigenvalue weighted by Gasteiger charge is -2.17. The molecule has 110 valence electrons.